The Hall–Kier alpha value is -5.04. The van der Waals surface area contributed by atoms with Crippen molar-refractivity contribution >= 4 is 17.6 Å². The summed E-state index contributed by atoms with van der Waals surface area (Å²) in [6.45, 7) is 22.8. The van der Waals surface area contributed by atoms with Crippen molar-refractivity contribution < 1.29 is 28.3 Å². The lowest BCUT2D eigenvalue weighted by molar-refractivity contribution is 0.0699. The number of hydrogen-bond donors (Lipinski definition) is 2. The summed E-state index contributed by atoms with van der Waals surface area (Å²) in [5.74, 6) is -0.216. The third kappa shape index (κ3) is 7.38. The molecule has 0 fully saturated rings. The lowest BCUT2D eigenvalue weighted by atomic mass is 9.62. The fraction of sp³-hybridized carbons (Fsp3) is 0.417. The first kappa shape index (κ1) is 38.2. The largest absolute Gasteiger partial charge is 0.506 e. The number of carbonyl (C=O) groups excluding carboxylic acids is 2. The minimum atomic E-state index is -0.746. The zero-order valence-corrected chi connectivity index (χ0v) is 34.1. The number of furan rings is 2. The summed E-state index contributed by atoms with van der Waals surface area (Å²) in [6, 6.07) is 20.5. The van der Waals surface area contributed by atoms with Crippen LogP contribution in [-0.2, 0) is 34.5 Å². The Balaban J connectivity index is 1.04. The molecule has 0 spiro atoms. The van der Waals surface area contributed by atoms with Gasteiger partial charge in [-0.15, -0.1) is 0 Å². The van der Waals surface area contributed by atoms with Gasteiger partial charge in [0.1, 0.15) is 23.0 Å². The number of aromatic hydroxyl groups is 1. The Morgan fingerprint density at radius 1 is 0.636 bits per heavy atom. The van der Waals surface area contributed by atoms with E-state index < -0.39 is 11.9 Å². The van der Waals surface area contributed by atoms with E-state index in [0.29, 0.717) is 24.4 Å². The SMILES string of the molecule is Cc1cc2c(cc1Cc1ccc(C(=O)Nc3c(O)cccc3OC(=O)c3ccc(Cc4cc5c(cc4C)C(C)(C)CCC5(C)C)o3)o1)C(C)(C)CCC2(C)C. The van der Waals surface area contributed by atoms with Gasteiger partial charge < -0.3 is 24.0 Å². The van der Waals surface area contributed by atoms with Gasteiger partial charge in [0.2, 0.25) is 5.76 Å². The Labute approximate surface area is 325 Å². The van der Waals surface area contributed by atoms with Crippen molar-refractivity contribution in [2.24, 2.45) is 0 Å². The molecule has 0 unspecified atom stereocenters. The molecule has 1 amide bonds. The molecule has 0 radical (unpaired) electrons. The Morgan fingerprint density at radius 2 is 1.07 bits per heavy atom. The summed E-state index contributed by atoms with van der Waals surface area (Å²) >= 11 is 0. The third-order valence-corrected chi connectivity index (χ3v) is 12.5. The van der Waals surface area contributed by atoms with Crippen LogP contribution < -0.4 is 10.1 Å². The molecule has 3 aromatic carbocycles. The van der Waals surface area contributed by atoms with Crippen LogP contribution >= 0.6 is 0 Å². The quantitative estimate of drug-likeness (QED) is 0.0932. The van der Waals surface area contributed by atoms with Crippen LogP contribution in [0.2, 0.25) is 0 Å². The number of benzene rings is 3. The van der Waals surface area contributed by atoms with E-state index in [4.69, 9.17) is 13.6 Å². The summed E-state index contributed by atoms with van der Waals surface area (Å²) in [5.41, 5.74) is 10.6. The third-order valence-electron chi connectivity index (χ3n) is 12.5. The van der Waals surface area contributed by atoms with Crippen molar-refractivity contribution in [2.45, 2.75) is 129 Å². The van der Waals surface area contributed by atoms with E-state index in [2.05, 4.69) is 98.8 Å². The molecule has 0 atom stereocenters. The van der Waals surface area contributed by atoms with Crippen molar-refractivity contribution in [1.82, 2.24) is 0 Å². The standard InChI is InChI=1S/C48H55NO6/c1-28-22-34-36(47(7,8)20-18-45(34,3)4)26-30(28)24-32-14-16-40(53-32)43(51)49-42-38(50)12-11-13-39(42)55-44(52)41-17-15-33(54-41)25-31-27-37-35(23-29(31)2)46(5,6)19-21-48(37,9)10/h11-17,22-23,26-27,50H,18-21,24-25H2,1-10H3,(H,49,51). The highest BCUT2D eigenvalue weighted by atomic mass is 16.5. The number of para-hydroxylation sites is 1. The number of amides is 1. The second-order valence-electron chi connectivity index (χ2n) is 18.6. The average Bonchev–Trinajstić information content (AvgIpc) is 3.79. The lowest BCUT2D eigenvalue weighted by Gasteiger charge is -2.42. The maximum atomic E-state index is 13.5. The fourth-order valence-electron chi connectivity index (χ4n) is 8.52. The summed E-state index contributed by atoms with van der Waals surface area (Å²) < 4.78 is 17.7. The van der Waals surface area contributed by atoms with E-state index in [1.54, 1.807) is 24.3 Å². The van der Waals surface area contributed by atoms with Crippen LogP contribution in [-0.4, -0.2) is 17.0 Å². The van der Waals surface area contributed by atoms with Crippen LogP contribution in [0.4, 0.5) is 5.69 Å². The first-order chi connectivity index (χ1) is 25.7. The molecule has 2 heterocycles. The highest BCUT2D eigenvalue weighted by Gasteiger charge is 2.39. The molecule has 2 aliphatic carbocycles. The first-order valence-electron chi connectivity index (χ1n) is 19.6. The van der Waals surface area contributed by atoms with Crippen molar-refractivity contribution in [3.63, 3.8) is 0 Å². The van der Waals surface area contributed by atoms with E-state index in [1.807, 2.05) is 0 Å². The molecule has 5 aromatic rings. The maximum Gasteiger partial charge on any atom is 0.379 e. The van der Waals surface area contributed by atoms with Gasteiger partial charge in [-0.25, -0.2) is 4.79 Å². The Kier molecular flexibility index (Phi) is 9.46. The predicted molar refractivity (Wildman–Crippen MR) is 217 cm³/mol. The summed E-state index contributed by atoms with van der Waals surface area (Å²) in [4.78, 5) is 26.8. The normalized spacial score (nSPS) is 17.6. The average molecular weight is 742 g/mol. The second kappa shape index (κ2) is 13.6. The molecule has 0 bridgehead atoms. The number of anilines is 1. The molecular weight excluding hydrogens is 687 g/mol. The minimum absolute atomic E-state index is 0.0197. The zero-order valence-electron chi connectivity index (χ0n) is 34.1. The lowest BCUT2D eigenvalue weighted by Crippen LogP contribution is -2.34. The summed E-state index contributed by atoms with van der Waals surface area (Å²) in [5, 5.41) is 13.5. The van der Waals surface area contributed by atoms with Gasteiger partial charge in [0.15, 0.2) is 11.5 Å². The van der Waals surface area contributed by atoms with Crippen LogP contribution in [0.3, 0.4) is 0 Å². The van der Waals surface area contributed by atoms with Gasteiger partial charge in [0.25, 0.3) is 5.91 Å². The number of esters is 1. The molecule has 55 heavy (non-hydrogen) atoms. The van der Waals surface area contributed by atoms with E-state index in [0.717, 1.165) is 36.8 Å². The van der Waals surface area contributed by atoms with Gasteiger partial charge in [-0.3, -0.25) is 4.79 Å². The molecular formula is C48H55NO6. The minimum Gasteiger partial charge on any atom is -0.506 e. The smallest absolute Gasteiger partial charge is 0.379 e. The molecule has 288 valence electrons. The van der Waals surface area contributed by atoms with E-state index in [9.17, 15) is 14.7 Å². The van der Waals surface area contributed by atoms with Gasteiger partial charge in [0, 0.05) is 12.8 Å². The number of ether oxygens (including phenoxy) is 1. The molecule has 7 heteroatoms. The van der Waals surface area contributed by atoms with Crippen LogP contribution in [0.1, 0.15) is 158 Å². The van der Waals surface area contributed by atoms with E-state index in [-0.39, 0.29) is 50.4 Å². The van der Waals surface area contributed by atoms with Crippen LogP contribution in [0.15, 0.2) is 75.6 Å². The maximum absolute atomic E-state index is 13.5. The first-order valence-corrected chi connectivity index (χ1v) is 19.6. The molecule has 2 N–H and O–H groups in total. The molecule has 7 nitrogen and oxygen atoms in total. The zero-order chi connectivity index (χ0) is 39.7. The summed E-state index contributed by atoms with van der Waals surface area (Å²) in [6.07, 6.45) is 5.62. The highest BCUT2D eigenvalue weighted by Crippen LogP contribution is 2.48. The van der Waals surface area contributed by atoms with Gasteiger partial charge >= 0.3 is 5.97 Å². The van der Waals surface area contributed by atoms with Crippen molar-refractivity contribution in [3.05, 3.63) is 134 Å². The van der Waals surface area contributed by atoms with Gasteiger partial charge in [-0.05, 0) is 142 Å². The number of phenols is 1. The van der Waals surface area contributed by atoms with Gasteiger partial charge in [-0.1, -0.05) is 85.7 Å². The number of aryl methyl sites for hydroxylation is 2. The fourth-order valence-corrected chi connectivity index (χ4v) is 8.52. The Bertz CT molecular complexity index is 2310. The number of phenolic OH excluding ortho intramolecular Hbond substituents is 1. The van der Waals surface area contributed by atoms with Crippen molar-refractivity contribution in [3.8, 4) is 11.5 Å². The van der Waals surface area contributed by atoms with Crippen LogP contribution in [0, 0.1) is 13.8 Å². The van der Waals surface area contributed by atoms with E-state index in [1.165, 1.54) is 51.6 Å². The number of hydrogen-bond acceptors (Lipinski definition) is 6. The molecule has 2 aliphatic rings. The van der Waals surface area contributed by atoms with E-state index >= 15 is 0 Å². The molecule has 0 saturated carbocycles. The second-order valence-corrected chi connectivity index (χ2v) is 18.6. The topological polar surface area (TPSA) is 102 Å². The summed E-state index contributed by atoms with van der Waals surface area (Å²) in [7, 11) is 0. The van der Waals surface area contributed by atoms with Gasteiger partial charge in [-0.2, -0.15) is 0 Å². The molecule has 2 aromatic heterocycles. The van der Waals surface area contributed by atoms with Crippen LogP contribution in [0.25, 0.3) is 0 Å². The monoisotopic (exact) mass is 741 g/mol. The number of carbonyl (C=O) groups is 2. The van der Waals surface area contributed by atoms with Gasteiger partial charge in [0.05, 0.1) is 0 Å². The molecule has 0 saturated heterocycles. The predicted octanol–water partition coefficient (Wildman–Crippen LogP) is 11.5. The number of rotatable bonds is 8. The number of nitrogens with one attached hydrogen (secondary N) is 1. The van der Waals surface area contributed by atoms with Crippen LogP contribution in [0.5, 0.6) is 11.5 Å². The number of fused-ring (bicyclic) bond motifs is 2. The Morgan fingerprint density at radius 3 is 1.56 bits per heavy atom. The van der Waals surface area contributed by atoms with Crippen molar-refractivity contribution in [1.29, 1.82) is 0 Å². The molecule has 7 rings (SSSR count). The molecule has 0 aliphatic heterocycles. The van der Waals surface area contributed by atoms with Crippen molar-refractivity contribution in [2.75, 3.05) is 5.32 Å². The highest BCUT2D eigenvalue weighted by molar-refractivity contribution is 6.04.